The van der Waals surface area contributed by atoms with Gasteiger partial charge in [-0.1, -0.05) is 22.0 Å². The predicted octanol–water partition coefficient (Wildman–Crippen LogP) is 1.64. The van der Waals surface area contributed by atoms with Gasteiger partial charge in [-0.05, 0) is 37.5 Å². The third-order valence-electron chi connectivity index (χ3n) is 2.92. The lowest BCUT2D eigenvalue weighted by atomic mass is 10.2. The molecule has 4 N–H and O–H groups in total. The Kier molecular flexibility index (Phi) is 5.40. The number of nitrogens with zero attached hydrogens (tertiary/aromatic N) is 1. The van der Waals surface area contributed by atoms with E-state index in [4.69, 9.17) is 5.73 Å². The zero-order valence-corrected chi connectivity index (χ0v) is 12.8. The van der Waals surface area contributed by atoms with Gasteiger partial charge in [-0.3, -0.25) is 9.79 Å². The Balaban J connectivity index is 1.64. The number of hydrogen-bond donors (Lipinski definition) is 3. The molecule has 0 aromatic heterocycles. The molecule has 0 bridgehead atoms. The highest BCUT2D eigenvalue weighted by atomic mass is 79.9. The number of nitrogens with one attached hydrogen (secondary N) is 2. The van der Waals surface area contributed by atoms with E-state index in [1.807, 2.05) is 12.1 Å². The fourth-order valence-corrected chi connectivity index (χ4v) is 2.09. The van der Waals surface area contributed by atoms with Gasteiger partial charge in [-0.2, -0.15) is 0 Å². The van der Waals surface area contributed by atoms with Crippen LogP contribution in [0.5, 0.6) is 0 Å². The largest absolute Gasteiger partial charge is 0.370 e. The second-order valence-corrected chi connectivity index (χ2v) is 5.72. The second kappa shape index (κ2) is 7.28. The number of benzene rings is 1. The van der Waals surface area contributed by atoms with Gasteiger partial charge in [0.1, 0.15) is 0 Å². The zero-order valence-electron chi connectivity index (χ0n) is 11.2. The standard InChI is InChI=1S/C14H19BrN4O/c15-11-4-1-3-10(9-11)13(20)17-7-2-8-18-14(16)19-12-5-6-12/h1,3-4,9,12H,2,5-8H2,(H,17,20)(H3,16,18,19). The van der Waals surface area contributed by atoms with Crippen LogP contribution >= 0.6 is 15.9 Å². The highest BCUT2D eigenvalue weighted by Gasteiger charge is 2.21. The van der Waals surface area contributed by atoms with Crippen molar-refractivity contribution in [2.75, 3.05) is 13.1 Å². The monoisotopic (exact) mass is 338 g/mol. The normalized spacial score (nSPS) is 14.9. The van der Waals surface area contributed by atoms with Gasteiger partial charge in [0.25, 0.3) is 5.91 Å². The minimum Gasteiger partial charge on any atom is -0.370 e. The summed E-state index contributed by atoms with van der Waals surface area (Å²) in [6.45, 7) is 1.20. The molecule has 1 aliphatic rings. The van der Waals surface area contributed by atoms with E-state index in [1.165, 1.54) is 12.8 Å². The van der Waals surface area contributed by atoms with Crippen molar-refractivity contribution < 1.29 is 4.79 Å². The molecule has 5 nitrogen and oxygen atoms in total. The molecule has 1 aromatic rings. The maximum Gasteiger partial charge on any atom is 0.251 e. The molecule has 1 aromatic carbocycles. The molecule has 0 atom stereocenters. The van der Waals surface area contributed by atoms with Crippen LogP contribution < -0.4 is 16.4 Å². The van der Waals surface area contributed by atoms with Crippen LogP contribution in [0.4, 0.5) is 0 Å². The molecule has 2 rings (SSSR count). The number of carbonyl (C=O) groups is 1. The Hall–Kier alpha value is -1.56. The van der Waals surface area contributed by atoms with Crippen molar-refractivity contribution in [2.45, 2.75) is 25.3 Å². The molecule has 0 radical (unpaired) electrons. The minimum atomic E-state index is -0.0700. The summed E-state index contributed by atoms with van der Waals surface area (Å²) < 4.78 is 0.897. The van der Waals surface area contributed by atoms with Gasteiger partial charge in [-0.15, -0.1) is 0 Å². The lowest BCUT2D eigenvalue weighted by molar-refractivity contribution is 0.0953. The lowest BCUT2D eigenvalue weighted by Gasteiger charge is -2.05. The summed E-state index contributed by atoms with van der Waals surface area (Å²) in [7, 11) is 0. The first kappa shape index (κ1) is 14.8. The van der Waals surface area contributed by atoms with Gasteiger partial charge >= 0.3 is 0 Å². The molecular formula is C14H19BrN4O. The molecule has 0 unspecified atom stereocenters. The van der Waals surface area contributed by atoms with E-state index in [9.17, 15) is 4.79 Å². The number of halogens is 1. The average Bonchev–Trinajstić information content (AvgIpc) is 3.22. The highest BCUT2D eigenvalue weighted by molar-refractivity contribution is 9.10. The van der Waals surface area contributed by atoms with Crippen LogP contribution in [0.1, 0.15) is 29.6 Å². The Morgan fingerprint density at radius 3 is 2.95 bits per heavy atom. The van der Waals surface area contributed by atoms with Crippen LogP contribution in [-0.4, -0.2) is 31.0 Å². The lowest BCUT2D eigenvalue weighted by Crippen LogP contribution is -2.33. The van der Waals surface area contributed by atoms with E-state index in [0.717, 1.165) is 10.9 Å². The Morgan fingerprint density at radius 1 is 1.45 bits per heavy atom. The van der Waals surface area contributed by atoms with E-state index < -0.39 is 0 Å². The van der Waals surface area contributed by atoms with Crippen LogP contribution in [0.15, 0.2) is 33.7 Å². The summed E-state index contributed by atoms with van der Waals surface area (Å²) in [5, 5.41) is 5.98. The van der Waals surface area contributed by atoms with E-state index in [2.05, 4.69) is 31.6 Å². The zero-order chi connectivity index (χ0) is 14.4. The molecule has 1 fully saturated rings. The fraction of sp³-hybridized carbons (Fsp3) is 0.429. The summed E-state index contributed by atoms with van der Waals surface area (Å²) in [5.74, 6) is 0.435. The SMILES string of the molecule is NC(=NCCCNC(=O)c1cccc(Br)c1)NC1CC1. The van der Waals surface area contributed by atoms with Gasteiger partial charge in [0.15, 0.2) is 5.96 Å². The molecule has 108 valence electrons. The number of rotatable bonds is 6. The van der Waals surface area contributed by atoms with Crippen molar-refractivity contribution in [2.24, 2.45) is 10.7 Å². The first-order chi connectivity index (χ1) is 9.65. The Labute approximate surface area is 127 Å². The van der Waals surface area contributed by atoms with Gasteiger partial charge in [-0.25, -0.2) is 0 Å². The summed E-state index contributed by atoms with van der Waals surface area (Å²) in [5.41, 5.74) is 6.36. The van der Waals surface area contributed by atoms with Gasteiger partial charge < -0.3 is 16.4 Å². The molecule has 1 saturated carbocycles. The Bertz CT molecular complexity index is 500. The molecule has 0 heterocycles. The van der Waals surface area contributed by atoms with Gasteiger partial charge in [0, 0.05) is 29.2 Å². The van der Waals surface area contributed by atoms with Crippen molar-refractivity contribution in [1.82, 2.24) is 10.6 Å². The maximum atomic E-state index is 11.8. The summed E-state index contributed by atoms with van der Waals surface area (Å²) >= 11 is 3.35. The number of nitrogens with two attached hydrogens (primary N) is 1. The topological polar surface area (TPSA) is 79.5 Å². The van der Waals surface area contributed by atoms with Crippen molar-refractivity contribution in [3.63, 3.8) is 0 Å². The summed E-state index contributed by atoms with van der Waals surface area (Å²) in [4.78, 5) is 16.1. The van der Waals surface area contributed by atoms with Crippen LogP contribution in [0.25, 0.3) is 0 Å². The highest BCUT2D eigenvalue weighted by Crippen LogP contribution is 2.17. The average molecular weight is 339 g/mol. The van der Waals surface area contributed by atoms with E-state index in [1.54, 1.807) is 12.1 Å². The Morgan fingerprint density at radius 2 is 2.25 bits per heavy atom. The molecule has 0 aliphatic heterocycles. The van der Waals surface area contributed by atoms with Crippen molar-refractivity contribution in [3.05, 3.63) is 34.3 Å². The third-order valence-corrected chi connectivity index (χ3v) is 3.41. The second-order valence-electron chi connectivity index (χ2n) is 4.81. The number of carbonyl (C=O) groups excluding carboxylic acids is 1. The quantitative estimate of drug-likeness (QED) is 0.419. The summed E-state index contributed by atoms with van der Waals surface area (Å²) in [6.07, 6.45) is 3.13. The number of hydrogen-bond acceptors (Lipinski definition) is 2. The molecular weight excluding hydrogens is 320 g/mol. The minimum absolute atomic E-state index is 0.0700. The molecule has 0 saturated heterocycles. The molecule has 0 spiro atoms. The van der Waals surface area contributed by atoms with E-state index >= 15 is 0 Å². The maximum absolute atomic E-state index is 11.8. The van der Waals surface area contributed by atoms with Crippen molar-refractivity contribution in [3.8, 4) is 0 Å². The smallest absolute Gasteiger partial charge is 0.251 e. The summed E-state index contributed by atoms with van der Waals surface area (Å²) in [6, 6.07) is 7.84. The molecule has 20 heavy (non-hydrogen) atoms. The van der Waals surface area contributed by atoms with Gasteiger partial charge in [0.2, 0.25) is 0 Å². The first-order valence-electron chi connectivity index (χ1n) is 6.75. The number of guanidine groups is 1. The number of aliphatic imine (C=N–C) groups is 1. The van der Waals surface area contributed by atoms with Gasteiger partial charge in [0.05, 0.1) is 0 Å². The molecule has 6 heteroatoms. The molecule has 1 amide bonds. The molecule has 1 aliphatic carbocycles. The van der Waals surface area contributed by atoms with Crippen LogP contribution in [0.2, 0.25) is 0 Å². The van der Waals surface area contributed by atoms with Crippen LogP contribution in [0, 0.1) is 0 Å². The van der Waals surface area contributed by atoms with Crippen LogP contribution in [-0.2, 0) is 0 Å². The van der Waals surface area contributed by atoms with E-state index in [0.29, 0.717) is 30.7 Å². The number of amides is 1. The van der Waals surface area contributed by atoms with E-state index in [-0.39, 0.29) is 5.91 Å². The fourth-order valence-electron chi connectivity index (χ4n) is 1.69. The van der Waals surface area contributed by atoms with Crippen LogP contribution in [0.3, 0.4) is 0 Å². The van der Waals surface area contributed by atoms with Crippen molar-refractivity contribution >= 4 is 27.8 Å². The predicted molar refractivity (Wildman–Crippen MR) is 83.7 cm³/mol. The van der Waals surface area contributed by atoms with Crippen molar-refractivity contribution in [1.29, 1.82) is 0 Å². The first-order valence-corrected chi connectivity index (χ1v) is 7.54. The third kappa shape index (κ3) is 5.21.